The van der Waals surface area contributed by atoms with Crippen LogP contribution in [0, 0.1) is 0 Å². The van der Waals surface area contributed by atoms with Crippen molar-refractivity contribution in [3.05, 3.63) is 72.6 Å². The number of hydrazone groups is 2. The monoisotopic (exact) mass is 346 g/mol. The number of pyridine rings is 2. The van der Waals surface area contributed by atoms with Crippen LogP contribution in [0.2, 0.25) is 0 Å². The summed E-state index contributed by atoms with van der Waals surface area (Å²) in [5.41, 5.74) is 1.34. The predicted molar refractivity (Wildman–Crippen MR) is 103 cm³/mol. The molecule has 0 aliphatic rings. The van der Waals surface area contributed by atoms with Crippen molar-refractivity contribution in [1.29, 1.82) is 0 Å². The summed E-state index contributed by atoms with van der Waals surface area (Å²) in [5.74, 6) is 1.49. The van der Waals surface area contributed by atoms with Crippen LogP contribution in [0.3, 0.4) is 0 Å². The average molecular weight is 346 g/mol. The molecule has 3 aromatic rings. The standard InChI is InChI=1S/C18H18N8/c1-25(17-7-3-5-9-19-17)23-12-15-11-16(22-14-21-15)13-24-26(2)18-8-4-6-10-20-18/h3-14H,1-2H3/b23-12+,24-13+. The highest BCUT2D eigenvalue weighted by Gasteiger charge is 2.00. The van der Waals surface area contributed by atoms with Crippen LogP contribution in [0.25, 0.3) is 0 Å². The zero-order valence-electron chi connectivity index (χ0n) is 14.5. The molecule has 8 heteroatoms. The Bertz CT molecular complexity index is 809. The number of anilines is 2. The highest BCUT2D eigenvalue weighted by atomic mass is 15.5. The van der Waals surface area contributed by atoms with E-state index in [4.69, 9.17) is 0 Å². The summed E-state index contributed by atoms with van der Waals surface area (Å²) < 4.78 is 0. The third kappa shape index (κ3) is 4.67. The van der Waals surface area contributed by atoms with Crippen molar-refractivity contribution in [2.45, 2.75) is 0 Å². The van der Waals surface area contributed by atoms with E-state index >= 15 is 0 Å². The fourth-order valence-corrected chi connectivity index (χ4v) is 2.03. The minimum Gasteiger partial charge on any atom is -0.251 e. The Labute approximate surface area is 151 Å². The van der Waals surface area contributed by atoms with Crippen molar-refractivity contribution < 1.29 is 0 Å². The lowest BCUT2D eigenvalue weighted by molar-refractivity contribution is 0.977. The molecule has 8 nitrogen and oxygen atoms in total. The van der Waals surface area contributed by atoms with E-state index < -0.39 is 0 Å². The lowest BCUT2D eigenvalue weighted by Gasteiger charge is -2.11. The summed E-state index contributed by atoms with van der Waals surface area (Å²) in [6.45, 7) is 0. The van der Waals surface area contributed by atoms with Gasteiger partial charge in [-0.3, -0.25) is 10.0 Å². The first-order valence-electron chi connectivity index (χ1n) is 7.92. The Balaban J connectivity index is 1.68. The van der Waals surface area contributed by atoms with Gasteiger partial charge in [-0.05, 0) is 30.3 Å². The second-order valence-electron chi connectivity index (χ2n) is 5.28. The Kier molecular flexibility index (Phi) is 5.56. The van der Waals surface area contributed by atoms with Gasteiger partial charge >= 0.3 is 0 Å². The van der Waals surface area contributed by atoms with E-state index in [0.29, 0.717) is 11.4 Å². The van der Waals surface area contributed by atoms with Crippen molar-refractivity contribution in [3.8, 4) is 0 Å². The van der Waals surface area contributed by atoms with Crippen molar-refractivity contribution >= 4 is 24.1 Å². The molecule has 3 rings (SSSR count). The van der Waals surface area contributed by atoms with Crippen LogP contribution >= 0.6 is 0 Å². The van der Waals surface area contributed by atoms with Crippen LogP contribution < -0.4 is 10.0 Å². The van der Waals surface area contributed by atoms with E-state index in [-0.39, 0.29) is 0 Å². The first-order chi connectivity index (χ1) is 12.7. The van der Waals surface area contributed by atoms with Gasteiger partial charge in [-0.15, -0.1) is 0 Å². The smallest absolute Gasteiger partial charge is 0.148 e. The van der Waals surface area contributed by atoms with Crippen LogP contribution in [0.5, 0.6) is 0 Å². The van der Waals surface area contributed by atoms with Crippen molar-refractivity contribution in [2.24, 2.45) is 10.2 Å². The van der Waals surface area contributed by atoms with E-state index in [9.17, 15) is 0 Å². The fraction of sp³-hybridized carbons (Fsp3) is 0.111. The second kappa shape index (κ2) is 8.43. The summed E-state index contributed by atoms with van der Waals surface area (Å²) in [6.07, 6.45) is 8.22. The maximum Gasteiger partial charge on any atom is 0.148 e. The SMILES string of the molecule is CN(/N=C/c1cc(/C=N/N(C)c2ccccn2)ncn1)c1ccccn1. The highest BCUT2D eigenvalue weighted by Crippen LogP contribution is 2.08. The molecule has 0 N–H and O–H groups in total. The molecule has 0 aliphatic heterocycles. The van der Waals surface area contributed by atoms with Gasteiger partial charge in [0.2, 0.25) is 0 Å². The lowest BCUT2D eigenvalue weighted by Crippen LogP contribution is -2.11. The molecule has 0 saturated carbocycles. The van der Waals surface area contributed by atoms with Gasteiger partial charge < -0.3 is 0 Å². The minimum absolute atomic E-state index is 0.671. The highest BCUT2D eigenvalue weighted by molar-refractivity contribution is 5.83. The molecule has 0 aromatic carbocycles. The maximum atomic E-state index is 4.34. The first-order valence-corrected chi connectivity index (χ1v) is 7.92. The number of nitrogens with zero attached hydrogens (tertiary/aromatic N) is 8. The molecule has 3 aromatic heterocycles. The summed E-state index contributed by atoms with van der Waals surface area (Å²) in [4.78, 5) is 16.9. The molecule has 0 aliphatic carbocycles. The molecular formula is C18H18N8. The van der Waals surface area contributed by atoms with Gasteiger partial charge in [-0.1, -0.05) is 12.1 Å². The summed E-state index contributed by atoms with van der Waals surface area (Å²) in [7, 11) is 3.65. The molecule has 0 radical (unpaired) electrons. The molecule has 3 heterocycles. The normalized spacial score (nSPS) is 11.2. The van der Waals surface area contributed by atoms with Crippen LogP contribution in [-0.2, 0) is 0 Å². The summed E-state index contributed by atoms with van der Waals surface area (Å²) in [6, 6.07) is 13.1. The van der Waals surface area contributed by atoms with E-state index in [1.807, 2.05) is 50.5 Å². The topological polar surface area (TPSA) is 82.8 Å². The van der Waals surface area contributed by atoms with Crippen LogP contribution in [0.4, 0.5) is 11.6 Å². The molecule has 0 saturated heterocycles. The quantitative estimate of drug-likeness (QED) is 0.503. The Morgan fingerprint density at radius 1 is 0.731 bits per heavy atom. The second-order valence-corrected chi connectivity index (χ2v) is 5.28. The van der Waals surface area contributed by atoms with Crippen molar-refractivity contribution in [2.75, 3.05) is 24.1 Å². The van der Waals surface area contributed by atoms with E-state index in [0.717, 1.165) is 11.6 Å². The average Bonchev–Trinajstić information content (AvgIpc) is 2.72. The molecule has 26 heavy (non-hydrogen) atoms. The first kappa shape index (κ1) is 17.2. The Hall–Kier alpha value is -3.68. The van der Waals surface area contributed by atoms with Gasteiger partial charge in [0, 0.05) is 26.5 Å². The number of hydrogen-bond acceptors (Lipinski definition) is 8. The summed E-state index contributed by atoms with van der Waals surface area (Å²) >= 11 is 0. The van der Waals surface area contributed by atoms with Gasteiger partial charge in [0.15, 0.2) is 0 Å². The molecule has 0 amide bonds. The van der Waals surface area contributed by atoms with Gasteiger partial charge in [0.05, 0.1) is 23.8 Å². The molecule has 0 unspecified atom stereocenters. The lowest BCUT2D eigenvalue weighted by atomic mass is 10.3. The number of aromatic nitrogens is 4. The van der Waals surface area contributed by atoms with Gasteiger partial charge in [-0.2, -0.15) is 10.2 Å². The Morgan fingerprint density at radius 3 is 1.65 bits per heavy atom. The van der Waals surface area contributed by atoms with Gasteiger partial charge in [0.25, 0.3) is 0 Å². The van der Waals surface area contributed by atoms with E-state index in [1.165, 1.54) is 6.33 Å². The van der Waals surface area contributed by atoms with Crippen molar-refractivity contribution in [1.82, 2.24) is 19.9 Å². The van der Waals surface area contributed by atoms with Crippen LogP contribution in [-0.4, -0.2) is 46.5 Å². The number of hydrogen-bond donors (Lipinski definition) is 0. The zero-order chi connectivity index (χ0) is 18.2. The third-order valence-corrected chi connectivity index (χ3v) is 3.40. The molecular weight excluding hydrogens is 328 g/mol. The maximum absolute atomic E-state index is 4.34. The largest absolute Gasteiger partial charge is 0.251 e. The molecule has 0 bridgehead atoms. The molecule has 0 fully saturated rings. The van der Waals surface area contributed by atoms with Crippen LogP contribution in [0.15, 0.2) is 71.4 Å². The summed E-state index contributed by atoms with van der Waals surface area (Å²) in [5, 5.41) is 12.0. The molecule has 130 valence electrons. The fourth-order valence-electron chi connectivity index (χ4n) is 2.03. The molecule has 0 spiro atoms. The van der Waals surface area contributed by atoms with Gasteiger partial charge in [0.1, 0.15) is 18.0 Å². The van der Waals surface area contributed by atoms with Crippen molar-refractivity contribution in [3.63, 3.8) is 0 Å². The predicted octanol–water partition coefficient (Wildman–Crippen LogP) is 2.21. The zero-order valence-corrected chi connectivity index (χ0v) is 14.5. The Morgan fingerprint density at radius 2 is 1.23 bits per heavy atom. The minimum atomic E-state index is 0.671. The number of rotatable bonds is 6. The van der Waals surface area contributed by atoms with E-state index in [2.05, 4.69) is 30.1 Å². The third-order valence-electron chi connectivity index (χ3n) is 3.40. The van der Waals surface area contributed by atoms with Crippen LogP contribution in [0.1, 0.15) is 11.4 Å². The van der Waals surface area contributed by atoms with E-state index in [1.54, 1.807) is 40.9 Å². The van der Waals surface area contributed by atoms with Gasteiger partial charge in [-0.25, -0.2) is 19.9 Å². The molecule has 0 atom stereocenters.